The second-order valence-corrected chi connectivity index (χ2v) is 4.57. The van der Waals surface area contributed by atoms with E-state index in [2.05, 4.69) is 0 Å². The molecule has 0 N–H and O–H groups in total. The summed E-state index contributed by atoms with van der Waals surface area (Å²) in [7, 11) is 1.31. The summed E-state index contributed by atoms with van der Waals surface area (Å²) in [5.41, 5.74) is 2.57. The third kappa shape index (κ3) is 2.21. The van der Waals surface area contributed by atoms with Crippen LogP contribution in [0.1, 0.15) is 15.9 Å². The molecule has 0 atom stereocenters. The van der Waals surface area contributed by atoms with Crippen LogP contribution < -0.4 is 4.90 Å². The van der Waals surface area contributed by atoms with Gasteiger partial charge in [-0.1, -0.05) is 36.4 Å². The van der Waals surface area contributed by atoms with Gasteiger partial charge in [0, 0.05) is 22.9 Å². The van der Waals surface area contributed by atoms with Crippen LogP contribution in [0.15, 0.2) is 60.7 Å². The van der Waals surface area contributed by atoms with Crippen molar-refractivity contribution in [2.75, 3.05) is 12.0 Å². The van der Waals surface area contributed by atoms with E-state index in [1.54, 1.807) is 12.1 Å². The molecule has 104 valence electrons. The van der Waals surface area contributed by atoms with Gasteiger partial charge in [-0.3, -0.25) is 9.69 Å². The highest BCUT2D eigenvalue weighted by atomic mass is 16.5. The number of rotatable bonds is 2. The van der Waals surface area contributed by atoms with Crippen molar-refractivity contribution in [1.82, 2.24) is 0 Å². The molecule has 0 unspecified atom stereocenters. The molecule has 4 heteroatoms. The second kappa shape index (κ2) is 5.25. The molecular weight excluding hydrogens is 266 g/mol. The van der Waals surface area contributed by atoms with E-state index >= 15 is 0 Å². The number of para-hydroxylation sites is 1. The fourth-order valence-corrected chi connectivity index (χ4v) is 2.39. The summed E-state index contributed by atoms with van der Waals surface area (Å²) in [6.07, 6.45) is 1.34. The average Bonchev–Trinajstić information content (AvgIpc) is 2.81. The predicted octanol–water partition coefficient (Wildman–Crippen LogP) is 2.86. The van der Waals surface area contributed by atoms with E-state index in [0.29, 0.717) is 16.9 Å². The van der Waals surface area contributed by atoms with Crippen molar-refractivity contribution in [3.8, 4) is 0 Å². The first-order chi connectivity index (χ1) is 10.2. The Balaban J connectivity index is 2.18. The Hall–Kier alpha value is -2.88. The van der Waals surface area contributed by atoms with Crippen molar-refractivity contribution in [3.63, 3.8) is 0 Å². The molecule has 1 heterocycles. The maximum absolute atomic E-state index is 12.6. The Morgan fingerprint density at radius 3 is 2.29 bits per heavy atom. The normalized spacial score (nSPS) is 15.2. The van der Waals surface area contributed by atoms with Gasteiger partial charge in [-0.2, -0.15) is 0 Å². The number of esters is 1. The molecule has 0 saturated carbocycles. The highest BCUT2D eigenvalue weighted by Crippen LogP contribution is 2.36. The van der Waals surface area contributed by atoms with Crippen LogP contribution in [0.4, 0.5) is 5.69 Å². The number of fused-ring (bicyclic) bond motifs is 1. The molecule has 0 saturated heterocycles. The van der Waals surface area contributed by atoms with E-state index in [1.807, 2.05) is 42.5 Å². The molecule has 0 aromatic heterocycles. The van der Waals surface area contributed by atoms with Crippen LogP contribution in [0.25, 0.3) is 5.70 Å². The largest absolute Gasteiger partial charge is 0.466 e. The zero-order chi connectivity index (χ0) is 14.8. The number of nitrogens with zero attached hydrogens (tertiary/aromatic N) is 1. The third-order valence-electron chi connectivity index (χ3n) is 3.35. The standard InChI is InChI=1S/C17H13NO3/c1-21-16(19)11-15-13-9-5-6-10-14(13)17(20)18(15)12-7-3-2-4-8-12/h2-11H,1H3/b15-11+. The summed E-state index contributed by atoms with van der Waals surface area (Å²) in [6.45, 7) is 0. The van der Waals surface area contributed by atoms with Gasteiger partial charge in [0.05, 0.1) is 12.8 Å². The van der Waals surface area contributed by atoms with Crippen LogP contribution in [-0.4, -0.2) is 19.0 Å². The Labute approximate surface area is 122 Å². The van der Waals surface area contributed by atoms with Gasteiger partial charge in [-0.15, -0.1) is 0 Å². The Kier molecular flexibility index (Phi) is 3.28. The van der Waals surface area contributed by atoms with Crippen molar-refractivity contribution in [2.24, 2.45) is 0 Å². The quantitative estimate of drug-likeness (QED) is 0.627. The number of carbonyl (C=O) groups is 2. The van der Waals surface area contributed by atoms with E-state index < -0.39 is 5.97 Å². The lowest BCUT2D eigenvalue weighted by Crippen LogP contribution is -2.22. The minimum atomic E-state index is -0.490. The molecule has 0 radical (unpaired) electrons. The van der Waals surface area contributed by atoms with Gasteiger partial charge >= 0.3 is 5.97 Å². The first kappa shape index (κ1) is 13.1. The van der Waals surface area contributed by atoms with Crippen molar-refractivity contribution in [1.29, 1.82) is 0 Å². The number of benzene rings is 2. The molecular formula is C17H13NO3. The predicted molar refractivity (Wildman–Crippen MR) is 79.7 cm³/mol. The molecule has 0 aliphatic carbocycles. The molecule has 4 nitrogen and oxygen atoms in total. The highest BCUT2D eigenvalue weighted by molar-refractivity contribution is 6.23. The SMILES string of the molecule is COC(=O)/C=C1\c2ccccc2C(=O)N1c1ccccc1. The fraction of sp³-hybridized carbons (Fsp3) is 0.0588. The molecule has 2 aromatic carbocycles. The third-order valence-corrected chi connectivity index (χ3v) is 3.35. The van der Waals surface area contributed by atoms with Crippen molar-refractivity contribution < 1.29 is 14.3 Å². The smallest absolute Gasteiger partial charge is 0.332 e. The van der Waals surface area contributed by atoms with Crippen LogP contribution >= 0.6 is 0 Å². The molecule has 1 aliphatic heterocycles. The molecule has 2 aromatic rings. The van der Waals surface area contributed by atoms with E-state index in [1.165, 1.54) is 18.1 Å². The number of ether oxygens (including phenoxy) is 1. The zero-order valence-corrected chi connectivity index (χ0v) is 11.4. The summed E-state index contributed by atoms with van der Waals surface area (Å²) in [4.78, 5) is 25.8. The zero-order valence-electron chi connectivity index (χ0n) is 11.4. The van der Waals surface area contributed by atoms with Crippen LogP contribution in [0.5, 0.6) is 0 Å². The number of amides is 1. The Morgan fingerprint density at radius 1 is 1.00 bits per heavy atom. The van der Waals surface area contributed by atoms with Gasteiger partial charge in [-0.05, 0) is 18.2 Å². The summed E-state index contributed by atoms with van der Waals surface area (Å²) < 4.78 is 4.69. The van der Waals surface area contributed by atoms with Gasteiger partial charge in [0.25, 0.3) is 5.91 Å². The topological polar surface area (TPSA) is 46.6 Å². The summed E-state index contributed by atoms with van der Waals surface area (Å²) >= 11 is 0. The minimum absolute atomic E-state index is 0.146. The van der Waals surface area contributed by atoms with Crippen molar-refractivity contribution in [3.05, 3.63) is 71.8 Å². The first-order valence-electron chi connectivity index (χ1n) is 6.51. The fourth-order valence-electron chi connectivity index (χ4n) is 2.39. The van der Waals surface area contributed by atoms with Crippen molar-refractivity contribution >= 4 is 23.3 Å². The van der Waals surface area contributed by atoms with E-state index in [4.69, 9.17) is 4.74 Å². The number of anilines is 1. The number of hydrogen-bond donors (Lipinski definition) is 0. The number of carbonyl (C=O) groups excluding carboxylic acids is 2. The van der Waals surface area contributed by atoms with Crippen LogP contribution in [0.2, 0.25) is 0 Å². The van der Waals surface area contributed by atoms with Gasteiger partial charge in [0.1, 0.15) is 0 Å². The van der Waals surface area contributed by atoms with Crippen LogP contribution in [0, 0.1) is 0 Å². The van der Waals surface area contributed by atoms with E-state index in [0.717, 1.165) is 5.56 Å². The molecule has 3 rings (SSSR count). The van der Waals surface area contributed by atoms with Gasteiger partial charge in [-0.25, -0.2) is 4.79 Å². The molecule has 1 aliphatic rings. The lowest BCUT2D eigenvalue weighted by molar-refractivity contribution is -0.134. The van der Waals surface area contributed by atoms with Gasteiger partial charge < -0.3 is 4.74 Å². The van der Waals surface area contributed by atoms with Gasteiger partial charge in [0.15, 0.2) is 0 Å². The Morgan fingerprint density at radius 2 is 1.62 bits per heavy atom. The maximum atomic E-state index is 12.6. The summed E-state index contributed by atoms with van der Waals surface area (Å²) in [5, 5.41) is 0. The lowest BCUT2D eigenvalue weighted by Gasteiger charge is -2.18. The van der Waals surface area contributed by atoms with E-state index in [-0.39, 0.29) is 5.91 Å². The molecule has 0 spiro atoms. The highest BCUT2D eigenvalue weighted by Gasteiger charge is 2.33. The Bertz CT molecular complexity index is 735. The monoisotopic (exact) mass is 279 g/mol. The average molecular weight is 279 g/mol. The molecule has 1 amide bonds. The van der Waals surface area contributed by atoms with Crippen LogP contribution in [0.3, 0.4) is 0 Å². The number of methoxy groups -OCH3 is 1. The molecule has 21 heavy (non-hydrogen) atoms. The maximum Gasteiger partial charge on any atom is 0.332 e. The van der Waals surface area contributed by atoms with Crippen molar-refractivity contribution in [2.45, 2.75) is 0 Å². The van der Waals surface area contributed by atoms with E-state index in [9.17, 15) is 9.59 Å². The first-order valence-corrected chi connectivity index (χ1v) is 6.51. The van der Waals surface area contributed by atoms with Gasteiger partial charge in [0.2, 0.25) is 0 Å². The second-order valence-electron chi connectivity index (χ2n) is 4.57. The summed E-state index contributed by atoms with van der Waals surface area (Å²) in [6, 6.07) is 16.5. The minimum Gasteiger partial charge on any atom is -0.466 e. The van der Waals surface area contributed by atoms with Crippen LogP contribution in [-0.2, 0) is 9.53 Å². The summed E-state index contributed by atoms with van der Waals surface area (Å²) in [5.74, 6) is -0.637. The molecule has 0 fully saturated rings. The molecule has 0 bridgehead atoms. The lowest BCUT2D eigenvalue weighted by atomic mass is 10.1. The number of hydrogen-bond acceptors (Lipinski definition) is 3.